The Morgan fingerprint density at radius 3 is 1.98 bits per heavy atom. The van der Waals surface area contributed by atoms with Gasteiger partial charge in [0.2, 0.25) is 17.7 Å². The Labute approximate surface area is 308 Å². The number of likely N-dealkylation sites (N-methyl/N-ethyl adjacent to an activating group) is 1. The first kappa shape index (κ1) is 44.6. The topological polar surface area (TPSA) is 271 Å². The number of nitrogens with one attached hydrogen (secondary N) is 2. The van der Waals surface area contributed by atoms with E-state index < -0.39 is 128 Å². The molecule has 1 saturated carbocycles. The summed E-state index contributed by atoms with van der Waals surface area (Å²) in [7, 11) is 8.55. The fraction of sp³-hybridized carbons (Fsp3) is 0.906. The highest BCUT2D eigenvalue weighted by Gasteiger charge is 2.62. The molecule has 2 heterocycles. The molecule has 0 aromatic carbocycles. The third-order valence-electron chi connectivity index (χ3n) is 10.4. The first-order valence-electron chi connectivity index (χ1n) is 17.1. The normalized spacial score (nSPS) is 38.5. The molecule has 53 heavy (non-hydrogen) atoms. The average molecular weight is 765 g/mol. The summed E-state index contributed by atoms with van der Waals surface area (Å²) >= 11 is 0. The molecule has 2 aliphatic heterocycles. The number of methoxy groups -OCH3 is 5. The summed E-state index contributed by atoms with van der Waals surface area (Å²) in [6.45, 7) is 2.41. The smallest absolute Gasteiger partial charge is 0.228 e. The lowest BCUT2D eigenvalue weighted by Gasteiger charge is -2.51. The van der Waals surface area contributed by atoms with E-state index in [4.69, 9.17) is 48.2 Å². The second-order valence-corrected chi connectivity index (χ2v) is 13.4. The minimum Gasteiger partial charge on any atom is -0.396 e. The number of nitrogens with zero attached hydrogens (tertiary/aromatic N) is 4. The van der Waals surface area contributed by atoms with Crippen molar-refractivity contribution in [2.24, 2.45) is 16.4 Å². The molecular weight excluding hydrogens is 708 g/mol. The predicted molar refractivity (Wildman–Crippen MR) is 181 cm³/mol. The summed E-state index contributed by atoms with van der Waals surface area (Å²) < 4.78 is 54.5. The van der Waals surface area contributed by atoms with Crippen molar-refractivity contribution >= 4 is 17.7 Å². The van der Waals surface area contributed by atoms with Crippen LogP contribution < -0.4 is 10.6 Å². The van der Waals surface area contributed by atoms with Gasteiger partial charge in [-0.2, -0.15) is 0 Å². The molecule has 3 fully saturated rings. The van der Waals surface area contributed by atoms with Gasteiger partial charge in [0.05, 0.1) is 68.3 Å². The molecule has 1 aliphatic carbocycles. The van der Waals surface area contributed by atoms with E-state index in [9.17, 15) is 29.7 Å². The maximum absolute atomic E-state index is 13.3. The van der Waals surface area contributed by atoms with Gasteiger partial charge in [-0.05, 0) is 12.5 Å². The summed E-state index contributed by atoms with van der Waals surface area (Å²) in [6.07, 6.45) is -11.0. The van der Waals surface area contributed by atoms with E-state index in [1.807, 2.05) is 0 Å². The molecule has 0 aromatic rings. The highest BCUT2D eigenvalue weighted by atomic mass is 16.8. The van der Waals surface area contributed by atoms with Gasteiger partial charge in [-0.1, -0.05) is 5.11 Å². The quantitative estimate of drug-likeness (QED) is 0.0557. The van der Waals surface area contributed by atoms with Gasteiger partial charge >= 0.3 is 0 Å². The Kier molecular flexibility index (Phi) is 17.0. The molecule has 0 radical (unpaired) electrons. The maximum Gasteiger partial charge on any atom is 0.228 e. The lowest BCUT2D eigenvalue weighted by molar-refractivity contribution is -0.328. The number of azide groups is 1. The number of ether oxygens (including phenoxy) is 9. The zero-order valence-electron chi connectivity index (χ0n) is 31.6. The number of amides is 3. The molecule has 11 unspecified atom stereocenters. The van der Waals surface area contributed by atoms with E-state index in [1.54, 1.807) is 6.92 Å². The fourth-order valence-corrected chi connectivity index (χ4v) is 7.73. The van der Waals surface area contributed by atoms with Crippen LogP contribution in [0, 0.1) is 11.3 Å². The molecule has 21 nitrogen and oxygen atoms in total. The van der Waals surface area contributed by atoms with Gasteiger partial charge in [0.15, 0.2) is 12.6 Å². The Hall–Kier alpha value is -2.76. The highest BCUT2D eigenvalue weighted by molar-refractivity contribution is 5.78. The van der Waals surface area contributed by atoms with Gasteiger partial charge in [-0.3, -0.25) is 14.4 Å². The van der Waals surface area contributed by atoms with E-state index in [-0.39, 0.29) is 13.2 Å². The summed E-state index contributed by atoms with van der Waals surface area (Å²) in [5.74, 6) is -2.58. The van der Waals surface area contributed by atoms with Crippen LogP contribution in [0.2, 0.25) is 0 Å². The molecule has 2 saturated heterocycles. The molecule has 15 atom stereocenters. The van der Waals surface area contributed by atoms with Crippen LogP contribution in [0.25, 0.3) is 10.4 Å². The number of carbonyl (C=O) groups is 3. The van der Waals surface area contributed by atoms with E-state index in [1.165, 1.54) is 61.3 Å². The lowest BCUT2D eigenvalue weighted by Crippen LogP contribution is -2.72. The van der Waals surface area contributed by atoms with Crippen molar-refractivity contribution in [2.75, 3.05) is 75.6 Å². The molecule has 5 N–H and O–H groups in total. The van der Waals surface area contributed by atoms with Crippen molar-refractivity contribution in [1.29, 1.82) is 0 Å². The number of hydrogen-bond donors (Lipinski definition) is 5. The Morgan fingerprint density at radius 2 is 1.49 bits per heavy atom. The minimum atomic E-state index is -1.47. The third kappa shape index (κ3) is 9.55. The van der Waals surface area contributed by atoms with E-state index in [0.717, 1.165) is 0 Å². The van der Waals surface area contributed by atoms with Crippen LogP contribution in [0.4, 0.5) is 0 Å². The number of rotatable bonds is 18. The number of hydrogen-bond acceptors (Lipinski definition) is 16. The molecule has 3 rings (SSSR count). The van der Waals surface area contributed by atoms with Crippen molar-refractivity contribution in [3.8, 4) is 0 Å². The Balaban J connectivity index is 2.17. The van der Waals surface area contributed by atoms with Crippen LogP contribution in [0.1, 0.15) is 20.8 Å². The lowest BCUT2D eigenvalue weighted by atomic mass is 9.75. The Morgan fingerprint density at radius 1 is 0.887 bits per heavy atom. The van der Waals surface area contributed by atoms with Gasteiger partial charge in [0, 0.05) is 67.3 Å². The zero-order chi connectivity index (χ0) is 39.6. The second-order valence-electron chi connectivity index (χ2n) is 13.4. The summed E-state index contributed by atoms with van der Waals surface area (Å²) in [6, 6.07) is -3.33. The van der Waals surface area contributed by atoms with Gasteiger partial charge in [-0.25, -0.2) is 0 Å². The van der Waals surface area contributed by atoms with Gasteiger partial charge in [0.25, 0.3) is 0 Å². The molecule has 21 heteroatoms. The maximum atomic E-state index is 13.3. The standard InChI is InChI=1S/C32H56N6O15/c1-15-32(13-40,14-46-6)29(53-30-23(38(4)20(43)10-34-37-33)28(49-9)27(48-8)19(51-30)12-45-5)31(50-15)52-26-18(11-39)25(47-7)21(35-16(2)41)24(44)22(26)36-17(3)42/h15,18-19,21-31,39-40,44H,10-14H2,1-9H3,(H,35,41)(H,36,42)/t15-,18?,19?,21?,22?,23?,24?,25?,26+,27?,28?,29-,30?,31-,32?/m0/s1. The SMILES string of the molecule is COCC1OC(O[C@H]2[C@H](O[C@@H]3C(CO)C(OC)C(NC(C)=O)C(O)C3NC(C)=O)O[C@@H](C)C2(CO)COC)C(N(C)C(=O)CN=[N+]=[N-])C(OC)C1OC. The average Bonchev–Trinajstić information content (AvgIpc) is 3.37. The summed E-state index contributed by atoms with van der Waals surface area (Å²) in [4.78, 5) is 41.8. The highest BCUT2D eigenvalue weighted by Crippen LogP contribution is 2.45. The number of carbonyl (C=O) groups excluding carboxylic acids is 3. The van der Waals surface area contributed by atoms with Gasteiger partial charge in [0.1, 0.15) is 37.0 Å². The van der Waals surface area contributed by atoms with Crippen molar-refractivity contribution < 1.29 is 72.3 Å². The molecule has 3 amide bonds. The molecule has 0 bridgehead atoms. The molecular formula is C32H56N6O15. The van der Waals surface area contributed by atoms with Crippen molar-refractivity contribution in [2.45, 2.75) is 100 Å². The van der Waals surface area contributed by atoms with Crippen molar-refractivity contribution in [3.05, 3.63) is 10.4 Å². The minimum absolute atomic E-state index is 0.0203. The monoisotopic (exact) mass is 764 g/mol. The summed E-state index contributed by atoms with van der Waals surface area (Å²) in [5, 5.41) is 42.0. The van der Waals surface area contributed by atoms with E-state index in [2.05, 4.69) is 20.7 Å². The number of aliphatic hydroxyl groups excluding tert-OH is 3. The predicted octanol–water partition coefficient (Wildman–Crippen LogP) is -2.33. The molecule has 0 aromatic heterocycles. The van der Waals surface area contributed by atoms with Gasteiger partial charge in [-0.15, -0.1) is 0 Å². The van der Waals surface area contributed by atoms with Gasteiger partial charge < -0.3 is 73.5 Å². The molecule has 0 spiro atoms. The van der Waals surface area contributed by atoms with E-state index in [0.29, 0.717) is 0 Å². The van der Waals surface area contributed by atoms with Crippen molar-refractivity contribution in [1.82, 2.24) is 15.5 Å². The second kappa shape index (κ2) is 20.2. The van der Waals surface area contributed by atoms with Crippen LogP contribution in [0.3, 0.4) is 0 Å². The van der Waals surface area contributed by atoms with Crippen molar-refractivity contribution in [3.63, 3.8) is 0 Å². The fourth-order valence-electron chi connectivity index (χ4n) is 7.73. The van der Waals surface area contributed by atoms with Crippen LogP contribution in [-0.4, -0.2) is 193 Å². The number of aliphatic hydroxyl groups is 3. The summed E-state index contributed by atoms with van der Waals surface area (Å²) in [5.41, 5.74) is 7.54. The van der Waals surface area contributed by atoms with Crippen LogP contribution in [0.5, 0.6) is 0 Å². The van der Waals surface area contributed by atoms with Crippen LogP contribution in [-0.2, 0) is 57.0 Å². The molecule has 3 aliphatic rings. The Bertz CT molecular complexity index is 1260. The first-order valence-corrected chi connectivity index (χ1v) is 17.1. The molecule has 304 valence electrons. The largest absolute Gasteiger partial charge is 0.396 e. The third-order valence-corrected chi connectivity index (χ3v) is 10.4. The van der Waals surface area contributed by atoms with Crippen LogP contribution in [0.15, 0.2) is 5.11 Å². The van der Waals surface area contributed by atoms with E-state index >= 15 is 0 Å². The first-order chi connectivity index (χ1) is 25.2. The van der Waals surface area contributed by atoms with Crippen LogP contribution >= 0.6 is 0 Å². The zero-order valence-corrected chi connectivity index (χ0v) is 31.6.